The van der Waals surface area contributed by atoms with Gasteiger partial charge in [0.05, 0.1) is 6.20 Å². The SMILES string of the molecule is O=C(CCNC(=O)c1cnccn1)NCCc1c[nH]c2ccccc12. The highest BCUT2D eigenvalue weighted by molar-refractivity contribution is 5.92. The van der Waals surface area contributed by atoms with Crippen molar-refractivity contribution in [3.63, 3.8) is 0 Å². The number of aromatic amines is 1. The van der Waals surface area contributed by atoms with Crippen LogP contribution in [0.15, 0.2) is 49.1 Å². The average molecular weight is 337 g/mol. The van der Waals surface area contributed by atoms with Crippen LogP contribution in [0.3, 0.4) is 0 Å². The minimum absolute atomic E-state index is 0.0979. The zero-order valence-electron chi connectivity index (χ0n) is 13.7. The number of fused-ring (bicyclic) bond motifs is 1. The molecule has 3 aromatic rings. The second kappa shape index (κ2) is 8.05. The Morgan fingerprint density at radius 2 is 1.96 bits per heavy atom. The lowest BCUT2D eigenvalue weighted by atomic mass is 10.1. The minimum Gasteiger partial charge on any atom is -0.361 e. The van der Waals surface area contributed by atoms with Crippen molar-refractivity contribution < 1.29 is 9.59 Å². The molecule has 128 valence electrons. The van der Waals surface area contributed by atoms with Gasteiger partial charge in [0.15, 0.2) is 0 Å². The topological polar surface area (TPSA) is 99.8 Å². The molecule has 0 saturated heterocycles. The first-order chi connectivity index (χ1) is 12.2. The third-order valence-corrected chi connectivity index (χ3v) is 3.82. The summed E-state index contributed by atoms with van der Waals surface area (Å²) in [6.45, 7) is 0.813. The molecule has 2 heterocycles. The second-order valence-corrected chi connectivity index (χ2v) is 5.56. The van der Waals surface area contributed by atoms with Crippen molar-refractivity contribution >= 4 is 22.7 Å². The molecule has 0 saturated carbocycles. The molecule has 2 aromatic heterocycles. The molecule has 3 N–H and O–H groups in total. The van der Waals surface area contributed by atoms with Crippen LogP contribution < -0.4 is 10.6 Å². The molecule has 0 atom stereocenters. The highest BCUT2D eigenvalue weighted by Gasteiger charge is 2.08. The summed E-state index contributed by atoms with van der Waals surface area (Å²) < 4.78 is 0. The van der Waals surface area contributed by atoms with Gasteiger partial charge in [-0.3, -0.25) is 14.6 Å². The Kier molecular flexibility index (Phi) is 5.36. The lowest BCUT2D eigenvalue weighted by Crippen LogP contribution is -2.32. The fourth-order valence-corrected chi connectivity index (χ4v) is 2.56. The number of para-hydroxylation sites is 1. The van der Waals surface area contributed by atoms with Gasteiger partial charge in [0.25, 0.3) is 5.91 Å². The van der Waals surface area contributed by atoms with Crippen LogP contribution in [0.1, 0.15) is 22.5 Å². The maximum atomic E-state index is 11.9. The summed E-state index contributed by atoms with van der Waals surface area (Å²) in [6.07, 6.45) is 7.28. The van der Waals surface area contributed by atoms with Crippen molar-refractivity contribution in [2.75, 3.05) is 13.1 Å². The van der Waals surface area contributed by atoms with Crippen LogP contribution in [-0.2, 0) is 11.2 Å². The Balaban J connectivity index is 1.38. The normalized spacial score (nSPS) is 10.6. The Bertz CT molecular complexity index is 860. The maximum Gasteiger partial charge on any atom is 0.271 e. The molecule has 0 unspecified atom stereocenters. The predicted octanol–water partition coefficient (Wildman–Crippen LogP) is 1.44. The molecule has 0 fully saturated rings. The molecule has 0 aliphatic heterocycles. The van der Waals surface area contributed by atoms with E-state index in [-0.39, 0.29) is 30.5 Å². The van der Waals surface area contributed by atoms with Crippen LogP contribution in [0, 0.1) is 0 Å². The second-order valence-electron chi connectivity index (χ2n) is 5.56. The van der Waals surface area contributed by atoms with Crippen LogP contribution in [-0.4, -0.2) is 39.9 Å². The van der Waals surface area contributed by atoms with Crippen LogP contribution in [0.25, 0.3) is 10.9 Å². The Morgan fingerprint density at radius 3 is 2.80 bits per heavy atom. The summed E-state index contributed by atoms with van der Waals surface area (Å²) >= 11 is 0. The van der Waals surface area contributed by atoms with E-state index in [1.165, 1.54) is 29.5 Å². The number of amides is 2. The molecule has 1 aromatic carbocycles. The van der Waals surface area contributed by atoms with Crippen molar-refractivity contribution in [3.8, 4) is 0 Å². The van der Waals surface area contributed by atoms with Gasteiger partial charge in [-0.05, 0) is 18.1 Å². The van der Waals surface area contributed by atoms with E-state index < -0.39 is 0 Å². The number of aromatic nitrogens is 3. The summed E-state index contributed by atoms with van der Waals surface area (Å²) in [7, 11) is 0. The molecule has 3 rings (SSSR count). The van der Waals surface area contributed by atoms with Crippen molar-refractivity contribution in [2.45, 2.75) is 12.8 Å². The zero-order chi connectivity index (χ0) is 17.5. The highest BCUT2D eigenvalue weighted by Crippen LogP contribution is 2.17. The maximum absolute atomic E-state index is 11.9. The molecule has 0 bridgehead atoms. The van der Waals surface area contributed by atoms with E-state index >= 15 is 0 Å². The van der Waals surface area contributed by atoms with Crippen molar-refractivity contribution in [2.24, 2.45) is 0 Å². The number of nitrogens with one attached hydrogen (secondary N) is 3. The van der Waals surface area contributed by atoms with Crippen LogP contribution in [0.4, 0.5) is 0 Å². The fraction of sp³-hybridized carbons (Fsp3) is 0.222. The van der Waals surface area contributed by atoms with Gasteiger partial charge in [-0.2, -0.15) is 0 Å². The van der Waals surface area contributed by atoms with E-state index in [0.717, 1.165) is 11.9 Å². The summed E-state index contributed by atoms with van der Waals surface area (Å²) in [4.78, 5) is 34.6. The number of hydrogen-bond donors (Lipinski definition) is 3. The Labute approximate surface area is 144 Å². The van der Waals surface area contributed by atoms with Gasteiger partial charge in [-0.25, -0.2) is 4.98 Å². The average Bonchev–Trinajstić information content (AvgIpc) is 3.06. The number of carbonyl (C=O) groups is 2. The van der Waals surface area contributed by atoms with E-state index in [1.807, 2.05) is 24.4 Å². The fourth-order valence-electron chi connectivity index (χ4n) is 2.56. The predicted molar refractivity (Wildman–Crippen MR) is 94.0 cm³/mol. The van der Waals surface area contributed by atoms with Crippen LogP contribution in [0.2, 0.25) is 0 Å². The number of H-pyrrole nitrogens is 1. The first kappa shape index (κ1) is 16.6. The summed E-state index contributed by atoms with van der Waals surface area (Å²) in [6, 6.07) is 8.07. The molecule has 0 aliphatic rings. The molecule has 7 nitrogen and oxygen atoms in total. The molecular weight excluding hydrogens is 318 g/mol. The quantitative estimate of drug-likeness (QED) is 0.607. The van der Waals surface area contributed by atoms with Crippen LogP contribution in [0.5, 0.6) is 0 Å². The van der Waals surface area contributed by atoms with Crippen molar-refractivity contribution in [1.82, 2.24) is 25.6 Å². The number of hydrogen-bond acceptors (Lipinski definition) is 4. The van der Waals surface area contributed by atoms with Gasteiger partial charge in [0.2, 0.25) is 5.91 Å². The van der Waals surface area contributed by atoms with Gasteiger partial charge in [0.1, 0.15) is 5.69 Å². The van der Waals surface area contributed by atoms with Crippen molar-refractivity contribution in [1.29, 1.82) is 0 Å². The molecule has 25 heavy (non-hydrogen) atoms. The van der Waals surface area contributed by atoms with E-state index in [1.54, 1.807) is 0 Å². The Hall–Kier alpha value is -3.22. The monoisotopic (exact) mass is 337 g/mol. The van der Waals surface area contributed by atoms with Gasteiger partial charge in [-0.15, -0.1) is 0 Å². The molecule has 0 radical (unpaired) electrons. The Morgan fingerprint density at radius 1 is 1.08 bits per heavy atom. The lowest BCUT2D eigenvalue weighted by Gasteiger charge is -2.06. The van der Waals surface area contributed by atoms with E-state index in [2.05, 4.69) is 31.7 Å². The number of carbonyl (C=O) groups excluding carboxylic acids is 2. The molecule has 2 amide bonds. The number of nitrogens with zero attached hydrogens (tertiary/aromatic N) is 2. The largest absolute Gasteiger partial charge is 0.361 e. The standard InChI is InChI=1S/C18H19N5O2/c24-17(6-8-22-18(25)16-12-19-9-10-20-16)21-7-5-13-11-23-15-4-2-1-3-14(13)15/h1-4,9-12,23H,5-8H2,(H,21,24)(H,22,25). The summed E-state index contributed by atoms with van der Waals surface area (Å²) in [5, 5.41) is 6.69. The van der Waals surface area contributed by atoms with Gasteiger partial charge < -0.3 is 15.6 Å². The third-order valence-electron chi connectivity index (χ3n) is 3.82. The summed E-state index contributed by atoms with van der Waals surface area (Å²) in [5.41, 5.74) is 2.50. The molecule has 0 spiro atoms. The molecule has 7 heteroatoms. The van der Waals surface area contributed by atoms with Gasteiger partial charge >= 0.3 is 0 Å². The lowest BCUT2D eigenvalue weighted by molar-refractivity contribution is -0.120. The molecule has 0 aliphatic carbocycles. The highest BCUT2D eigenvalue weighted by atomic mass is 16.2. The first-order valence-electron chi connectivity index (χ1n) is 8.10. The first-order valence-corrected chi connectivity index (χ1v) is 8.10. The number of benzene rings is 1. The van der Waals surface area contributed by atoms with E-state index in [4.69, 9.17) is 0 Å². The molecular formula is C18H19N5O2. The minimum atomic E-state index is -0.334. The van der Waals surface area contributed by atoms with Crippen molar-refractivity contribution in [3.05, 3.63) is 60.3 Å². The van der Waals surface area contributed by atoms with Gasteiger partial charge in [0, 0.05) is 49.0 Å². The third kappa shape index (κ3) is 4.41. The van der Waals surface area contributed by atoms with E-state index in [9.17, 15) is 9.59 Å². The van der Waals surface area contributed by atoms with Crippen LogP contribution >= 0.6 is 0 Å². The number of rotatable bonds is 7. The zero-order valence-corrected chi connectivity index (χ0v) is 13.7. The van der Waals surface area contributed by atoms with E-state index in [0.29, 0.717) is 6.54 Å². The smallest absolute Gasteiger partial charge is 0.271 e. The summed E-state index contributed by atoms with van der Waals surface area (Å²) in [5.74, 6) is -0.432. The van der Waals surface area contributed by atoms with Gasteiger partial charge in [-0.1, -0.05) is 18.2 Å².